The first-order valence-electron chi connectivity index (χ1n) is 4.85. The Bertz CT molecular complexity index is 386. The van der Waals surface area contributed by atoms with E-state index in [2.05, 4.69) is 5.32 Å². The molecule has 88 valence electrons. The van der Waals surface area contributed by atoms with Gasteiger partial charge in [-0.25, -0.2) is 9.59 Å². The number of aromatic carboxylic acids is 1. The molecule has 2 amide bonds. The Morgan fingerprint density at radius 3 is 2.69 bits per heavy atom. The van der Waals surface area contributed by atoms with E-state index in [1.165, 1.54) is 17.0 Å². The van der Waals surface area contributed by atoms with E-state index in [1.54, 1.807) is 7.05 Å². The SMILES string of the molecule is CCN(C)C(=O)NCc1ccc(C(=O)O)o1. The minimum atomic E-state index is -1.12. The molecule has 16 heavy (non-hydrogen) atoms. The van der Waals surface area contributed by atoms with Crippen molar-refractivity contribution in [2.24, 2.45) is 0 Å². The summed E-state index contributed by atoms with van der Waals surface area (Å²) in [5.74, 6) is -0.841. The molecule has 0 saturated heterocycles. The highest BCUT2D eigenvalue weighted by Crippen LogP contribution is 2.07. The van der Waals surface area contributed by atoms with Gasteiger partial charge in [0.25, 0.3) is 0 Å². The van der Waals surface area contributed by atoms with Crippen LogP contribution in [0, 0.1) is 0 Å². The molecule has 0 radical (unpaired) electrons. The second-order valence-corrected chi connectivity index (χ2v) is 3.24. The van der Waals surface area contributed by atoms with Crippen LogP contribution in [0.3, 0.4) is 0 Å². The maximum atomic E-state index is 11.3. The van der Waals surface area contributed by atoms with Gasteiger partial charge in [0.05, 0.1) is 6.54 Å². The Kier molecular flexibility index (Phi) is 3.93. The molecule has 0 unspecified atom stereocenters. The van der Waals surface area contributed by atoms with Gasteiger partial charge in [-0.3, -0.25) is 0 Å². The Balaban J connectivity index is 2.48. The topological polar surface area (TPSA) is 82.8 Å². The highest BCUT2D eigenvalue weighted by atomic mass is 16.4. The zero-order valence-corrected chi connectivity index (χ0v) is 9.19. The third-order valence-electron chi connectivity index (χ3n) is 2.11. The molecule has 0 bridgehead atoms. The van der Waals surface area contributed by atoms with Gasteiger partial charge in [0.1, 0.15) is 5.76 Å². The normalized spacial score (nSPS) is 9.88. The number of amides is 2. The fourth-order valence-corrected chi connectivity index (χ4v) is 1.03. The second kappa shape index (κ2) is 5.20. The van der Waals surface area contributed by atoms with Gasteiger partial charge >= 0.3 is 12.0 Å². The van der Waals surface area contributed by atoms with Crippen molar-refractivity contribution in [3.8, 4) is 0 Å². The number of carbonyl (C=O) groups excluding carboxylic acids is 1. The molecule has 6 nitrogen and oxygen atoms in total. The Morgan fingerprint density at radius 2 is 2.19 bits per heavy atom. The van der Waals surface area contributed by atoms with Crippen molar-refractivity contribution in [1.29, 1.82) is 0 Å². The molecular weight excluding hydrogens is 212 g/mol. The summed E-state index contributed by atoms with van der Waals surface area (Å²) in [5.41, 5.74) is 0. The van der Waals surface area contributed by atoms with Crippen molar-refractivity contribution < 1.29 is 19.1 Å². The molecule has 0 aromatic carbocycles. The second-order valence-electron chi connectivity index (χ2n) is 3.24. The number of carboxylic acid groups (broad SMARTS) is 1. The average Bonchev–Trinajstić information content (AvgIpc) is 2.73. The maximum absolute atomic E-state index is 11.3. The van der Waals surface area contributed by atoms with E-state index >= 15 is 0 Å². The Hall–Kier alpha value is -1.98. The highest BCUT2D eigenvalue weighted by Gasteiger charge is 2.10. The third-order valence-corrected chi connectivity index (χ3v) is 2.11. The summed E-state index contributed by atoms with van der Waals surface area (Å²) in [6, 6.07) is 2.65. The van der Waals surface area contributed by atoms with Crippen LogP contribution in [0.25, 0.3) is 0 Å². The zero-order valence-electron chi connectivity index (χ0n) is 9.19. The van der Waals surface area contributed by atoms with Gasteiger partial charge in [-0.1, -0.05) is 0 Å². The zero-order chi connectivity index (χ0) is 12.1. The molecule has 0 aliphatic carbocycles. The van der Waals surface area contributed by atoms with Gasteiger partial charge in [0.15, 0.2) is 0 Å². The average molecular weight is 226 g/mol. The fourth-order valence-electron chi connectivity index (χ4n) is 1.03. The van der Waals surface area contributed by atoms with Crippen LogP contribution in [0.4, 0.5) is 4.79 Å². The highest BCUT2D eigenvalue weighted by molar-refractivity contribution is 5.84. The smallest absolute Gasteiger partial charge is 0.371 e. The van der Waals surface area contributed by atoms with Crippen LogP contribution in [0.1, 0.15) is 23.2 Å². The molecule has 2 N–H and O–H groups in total. The summed E-state index contributed by atoms with van der Waals surface area (Å²) in [5, 5.41) is 11.2. The van der Waals surface area contributed by atoms with Crippen molar-refractivity contribution >= 4 is 12.0 Å². The molecule has 0 atom stereocenters. The first kappa shape index (κ1) is 12.1. The van der Waals surface area contributed by atoms with Crippen LogP contribution in [-0.4, -0.2) is 35.6 Å². The number of hydrogen-bond donors (Lipinski definition) is 2. The van der Waals surface area contributed by atoms with Crippen molar-refractivity contribution in [2.45, 2.75) is 13.5 Å². The summed E-state index contributed by atoms with van der Waals surface area (Å²) in [6.07, 6.45) is 0. The molecule has 1 rings (SSSR count). The van der Waals surface area contributed by atoms with Gasteiger partial charge in [-0.15, -0.1) is 0 Å². The number of hydrogen-bond acceptors (Lipinski definition) is 3. The number of carbonyl (C=O) groups is 2. The van der Waals surface area contributed by atoms with E-state index in [1.807, 2.05) is 6.92 Å². The monoisotopic (exact) mass is 226 g/mol. The summed E-state index contributed by atoms with van der Waals surface area (Å²) < 4.78 is 4.98. The minimum Gasteiger partial charge on any atom is -0.475 e. The summed E-state index contributed by atoms with van der Waals surface area (Å²) in [7, 11) is 1.67. The largest absolute Gasteiger partial charge is 0.475 e. The Morgan fingerprint density at radius 1 is 1.50 bits per heavy atom. The summed E-state index contributed by atoms with van der Waals surface area (Å²) >= 11 is 0. The van der Waals surface area contributed by atoms with Gasteiger partial charge in [-0.2, -0.15) is 0 Å². The number of carboxylic acids is 1. The minimum absolute atomic E-state index is 0.131. The molecule has 1 heterocycles. The van der Waals surface area contributed by atoms with E-state index in [0.29, 0.717) is 12.3 Å². The van der Waals surface area contributed by atoms with Crippen molar-refractivity contribution in [3.05, 3.63) is 23.7 Å². The molecule has 0 saturated carbocycles. The van der Waals surface area contributed by atoms with Crippen molar-refractivity contribution in [1.82, 2.24) is 10.2 Å². The molecule has 0 fully saturated rings. The number of furan rings is 1. The van der Waals surface area contributed by atoms with E-state index in [0.717, 1.165) is 0 Å². The van der Waals surface area contributed by atoms with Gasteiger partial charge in [0.2, 0.25) is 5.76 Å². The van der Waals surface area contributed by atoms with Crippen molar-refractivity contribution in [3.63, 3.8) is 0 Å². The van der Waals surface area contributed by atoms with Gasteiger partial charge in [-0.05, 0) is 19.1 Å². The molecule has 6 heteroatoms. The van der Waals surface area contributed by atoms with Crippen LogP contribution in [-0.2, 0) is 6.54 Å². The van der Waals surface area contributed by atoms with Gasteiger partial charge in [0, 0.05) is 13.6 Å². The van der Waals surface area contributed by atoms with Crippen LogP contribution in [0.5, 0.6) is 0 Å². The predicted molar refractivity (Wildman–Crippen MR) is 56.2 cm³/mol. The Labute approximate surface area is 92.8 Å². The maximum Gasteiger partial charge on any atom is 0.371 e. The van der Waals surface area contributed by atoms with Crippen LogP contribution >= 0.6 is 0 Å². The quantitative estimate of drug-likeness (QED) is 0.806. The number of urea groups is 1. The van der Waals surface area contributed by atoms with Crippen LogP contribution < -0.4 is 5.32 Å². The molecular formula is C10H14N2O4. The number of nitrogens with zero attached hydrogens (tertiary/aromatic N) is 1. The molecule has 0 aliphatic rings. The van der Waals surface area contributed by atoms with Gasteiger partial charge < -0.3 is 19.7 Å². The van der Waals surface area contributed by atoms with Crippen molar-refractivity contribution in [2.75, 3.05) is 13.6 Å². The summed E-state index contributed by atoms with van der Waals surface area (Å²) in [4.78, 5) is 23.4. The van der Waals surface area contributed by atoms with E-state index < -0.39 is 5.97 Å². The lowest BCUT2D eigenvalue weighted by molar-refractivity contribution is 0.0660. The predicted octanol–water partition coefficient (Wildman–Crippen LogP) is 1.14. The fraction of sp³-hybridized carbons (Fsp3) is 0.400. The lowest BCUT2D eigenvalue weighted by atomic mass is 10.4. The van der Waals surface area contributed by atoms with E-state index in [9.17, 15) is 9.59 Å². The van der Waals surface area contributed by atoms with Crippen LogP contribution in [0.15, 0.2) is 16.5 Å². The lowest BCUT2D eigenvalue weighted by Crippen LogP contribution is -2.36. The third kappa shape index (κ3) is 3.01. The number of rotatable bonds is 4. The van der Waals surface area contributed by atoms with E-state index in [4.69, 9.17) is 9.52 Å². The molecule has 0 aliphatic heterocycles. The lowest BCUT2D eigenvalue weighted by Gasteiger charge is -2.14. The standard InChI is InChI=1S/C10H14N2O4/c1-3-12(2)10(15)11-6-7-4-5-8(16-7)9(13)14/h4-5H,3,6H2,1-2H3,(H,11,15)(H,13,14). The molecule has 1 aromatic heterocycles. The molecule has 0 spiro atoms. The van der Waals surface area contributed by atoms with Crippen LogP contribution in [0.2, 0.25) is 0 Å². The van der Waals surface area contributed by atoms with E-state index in [-0.39, 0.29) is 18.3 Å². The first-order chi connectivity index (χ1) is 7.54. The molecule has 1 aromatic rings. The summed E-state index contributed by atoms with van der Waals surface area (Å²) in [6.45, 7) is 2.63. The number of nitrogens with one attached hydrogen (secondary N) is 1. The first-order valence-corrected chi connectivity index (χ1v) is 4.85.